The van der Waals surface area contributed by atoms with E-state index in [2.05, 4.69) is 5.32 Å². The number of hydrogen-bond donors (Lipinski definition) is 2. The molecule has 1 fully saturated rings. The van der Waals surface area contributed by atoms with Crippen LogP contribution in [0.1, 0.15) is 32.1 Å². The topological polar surface area (TPSA) is 92.5 Å². The van der Waals surface area contributed by atoms with Crippen LogP contribution in [0, 0.1) is 0 Å². The first kappa shape index (κ1) is 15.0. The Labute approximate surface area is 123 Å². The second-order valence-electron chi connectivity index (χ2n) is 5.03. The van der Waals surface area contributed by atoms with Crippen LogP contribution in [-0.4, -0.2) is 29.2 Å². The maximum absolute atomic E-state index is 11.9. The van der Waals surface area contributed by atoms with Gasteiger partial charge in [-0.05, 0) is 25.0 Å². The molecule has 0 saturated carbocycles. The molecule has 6 heteroatoms. The van der Waals surface area contributed by atoms with Gasteiger partial charge in [-0.1, -0.05) is 12.1 Å². The average Bonchev–Trinajstić information content (AvgIpc) is 2.61. The van der Waals surface area contributed by atoms with Gasteiger partial charge in [0.05, 0.1) is 11.4 Å². The Morgan fingerprint density at radius 3 is 2.38 bits per heavy atom. The summed E-state index contributed by atoms with van der Waals surface area (Å²) < 4.78 is 0. The van der Waals surface area contributed by atoms with E-state index in [0.717, 1.165) is 12.8 Å². The standard InChI is InChI=1S/C15H19N3O3/c16-11-5-1-2-6-12(11)17-13(19)9-10-18-14(20)7-3-4-8-15(18)21/h1-2,5-6H,3-4,7-10,16H2,(H,17,19). The molecule has 1 aliphatic heterocycles. The first-order valence-electron chi connectivity index (χ1n) is 7.05. The van der Waals surface area contributed by atoms with E-state index in [4.69, 9.17) is 5.73 Å². The van der Waals surface area contributed by atoms with Crippen molar-refractivity contribution in [2.45, 2.75) is 32.1 Å². The molecule has 1 heterocycles. The minimum Gasteiger partial charge on any atom is -0.397 e. The number of nitrogens with one attached hydrogen (secondary N) is 1. The highest BCUT2D eigenvalue weighted by Crippen LogP contribution is 2.17. The Balaban J connectivity index is 1.90. The summed E-state index contributed by atoms with van der Waals surface area (Å²) in [5, 5.41) is 2.68. The smallest absolute Gasteiger partial charge is 0.229 e. The number of nitrogens with zero attached hydrogens (tertiary/aromatic N) is 1. The van der Waals surface area contributed by atoms with E-state index in [1.54, 1.807) is 24.3 Å². The van der Waals surface area contributed by atoms with Crippen LogP contribution in [0.3, 0.4) is 0 Å². The van der Waals surface area contributed by atoms with Gasteiger partial charge in [0.1, 0.15) is 0 Å². The van der Waals surface area contributed by atoms with Gasteiger partial charge >= 0.3 is 0 Å². The summed E-state index contributed by atoms with van der Waals surface area (Å²) in [7, 11) is 0. The van der Waals surface area contributed by atoms with Gasteiger partial charge in [0.15, 0.2) is 0 Å². The number of carbonyl (C=O) groups is 3. The highest BCUT2D eigenvalue weighted by molar-refractivity contribution is 5.98. The summed E-state index contributed by atoms with van der Waals surface area (Å²) in [6.07, 6.45) is 2.28. The minimum atomic E-state index is -0.266. The summed E-state index contributed by atoms with van der Waals surface area (Å²) in [5.74, 6) is -0.646. The van der Waals surface area contributed by atoms with Crippen molar-refractivity contribution in [2.24, 2.45) is 0 Å². The number of amides is 3. The fourth-order valence-electron chi connectivity index (χ4n) is 2.25. The first-order valence-corrected chi connectivity index (χ1v) is 7.05. The van der Waals surface area contributed by atoms with E-state index in [1.165, 1.54) is 4.90 Å². The lowest BCUT2D eigenvalue weighted by Crippen LogP contribution is -2.37. The molecule has 0 aliphatic carbocycles. The molecule has 112 valence electrons. The molecule has 0 spiro atoms. The van der Waals surface area contributed by atoms with E-state index < -0.39 is 0 Å². The van der Waals surface area contributed by atoms with Gasteiger partial charge in [0.25, 0.3) is 0 Å². The monoisotopic (exact) mass is 289 g/mol. The van der Waals surface area contributed by atoms with Crippen molar-refractivity contribution in [1.29, 1.82) is 0 Å². The lowest BCUT2D eigenvalue weighted by Gasteiger charge is -2.18. The molecule has 6 nitrogen and oxygen atoms in total. The van der Waals surface area contributed by atoms with Crippen LogP contribution in [-0.2, 0) is 14.4 Å². The van der Waals surface area contributed by atoms with Gasteiger partial charge in [-0.2, -0.15) is 0 Å². The van der Waals surface area contributed by atoms with Crippen molar-refractivity contribution in [3.63, 3.8) is 0 Å². The SMILES string of the molecule is Nc1ccccc1NC(=O)CCN1C(=O)CCCCC1=O. The fraction of sp³-hybridized carbons (Fsp3) is 0.400. The Morgan fingerprint density at radius 1 is 1.14 bits per heavy atom. The molecular weight excluding hydrogens is 270 g/mol. The number of nitrogen functional groups attached to an aromatic ring is 1. The number of anilines is 2. The highest BCUT2D eigenvalue weighted by atomic mass is 16.2. The zero-order valence-corrected chi connectivity index (χ0v) is 11.8. The molecule has 21 heavy (non-hydrogen) atoms. The Morgan fingerprint density at radius 2 is 1.76 bits per heavy atom. The molecule has 0 atom stereocenters. The van der Waals surface area contributed by atoms with Crippen LogP contribution >= 0.6 is 0 Å². The molecule has 2 rings (SSSR count). The second kappa shape index (κ2) is 6.88. The third-order valence-electron chi connectivity index (χ3n) is 3.43. The van der Waals surface area contributed by atoms with Crippen molar-refractivity contribution >= 4 is 29.1 Å². The number of carbonyl (C=O) groups excluding carboxylic acids is 3. The number of para-hydroxylation sites is 2. The van der Waals surface area contributed by atoms with Crippen molar-refractivity contribution < 1.29 is 14.4 Å². The van der Waals surface area contributed by atoms with E-state index in [0.29, 0.717) is 24.2 Å². The van der Waals surface area contributed by atoms with Crippen LogP contribution < -0.4 is 11.1 Å². The lowest BCUT2D eigenvalue weighted by atomic mass is 10.2. The van der Waals surface area contributed by atoms with Crippen molar-refractivity contribution in [3.05, 3.63) is 24.3 Å². The second-order valence-corrected chi connectivity index (χ2v) is 5.03. The van der Waals surface area contributed by atoms with E-state index in [-0.39, 0.29) is 30.7 Å². The van der Waals surface area contributed by atoms with Crippen molar-refractivity contribution in [1.82, 2.24) is 4.90 Å². The van der Waals surface area contributed by atoms with Crippen LogP contribution in [0.5, 0.6) is 0 Å². The summed E-state index contributed by atoms with van der Waals surface area (Å²) in [6.45, 7) is 0.121. The molecule has 1 aromatic carbocycles. The van der Waals surface area contributed by atoms with Gasteiger partial charge in [-0.3, -0.25) is 19.3 Å². The Hall–Kier alpha value is -2.37. The summed E-state index contributed by atoms with van der Waals surface area (Å²) in [5.41, 5.74) is 6.76. The predicted octanol–water partition coefficient (Wildman–Crippen LogP) is 1.53. The number of nitrogens with two attached hydrogens (primary N) is 1. The zero-order valence-electron chi connectivity index (χ0n) is 11.8. The molecule has 0 aromatic heterocycles. The van der Waals surface area contributed by atoms with Crippen LogP contribution in [0.2, 0.25) is 0 Å². The number of benzene rings is 1. The summed E-state index contributed by atoms with van der Waals surface area (Å²) in [4.78, 5) is 36.7. The maximum Gasteiger partial charge on any atom is 0.229 e. The van der Waals surface area contributed by atoms with Gasteiger partial charge in [-0.15, -0.1) is 0 Å². The molecule has 0 unspecified atom stereocenters. The molecule has 1 aliphatic rings. The van der Waals surface area contributed by atoms with Gasteiger partial charge in [0.2, 0.25) is 17.7 Å². The normalized spacial score (nSPS) is 15.7. The third kappa shape index (κ3) is 4.05. The fourth-order valence-corrected chi connectivity index (χ4v) is 2.25. The maximum atomic E-state index is 11.9. The van der Waals surface area contributed by atoms with E-state index in [9.17, 15) is 14.4 Å². The molecule has 0 bridgehead atoms. The van der Waals surface area contributed by atoms with Gasteiger partial charge in [-0.25, -0.2) is 0 Å². The molecule has 1 aromatic rings. The molecule has 3 amide bonds. The van der Waals surface area contributed by atoms with Gasteiger partial charge in [0, 0.05) is 25.8 Å². The number of rotatable bonds is 4. The number of imide groups is 1. The number of hydrogen-bond acceptors (Lipinski definition) is 4. The van der Waals surface area contributed by atoms with Crippen LogP contribution in [0.25, 0.3) is 0 Å². The average molecular weight is 289 g/mol. The summed E-state index contributed by atoms with van der Waals surface area (Å²) >= 11 is 0. The molecule has 1 saturated heterocycles. The van der Waals surface area contributed by atoms with Crippen molar-refractivity contribution in [3.8, 4) is 0 Å². The molecular formula is C15H19N3O3. The first-order chi connectivity index (χ1) is 10.1. The molecule has 3 N–H and O–H groups in total. The van der Waals surface area contributed by atoms with Gasteiger partial charge < -0.3 is 11.1 Å². The lowest BCUT2D eigenvalue weighted by molar-refractivity contribution is -0.143. The quantitative estimate of drug-likeness (QED) is 0.649. The van der Waals surface area contributed by atoms with Crippen LogP contribution in [0.15, 0.2) is 24.3 Å². The van der Waals surface area contributed by atoms with E-state index >= 15 is 0 Å². The minimum absolute atomic E-state index is 0.0752. The molecule has 0 radical (unpaired) electrons. The third-order valence-corrected chi connectivity index (χ3v) is 3.43. The largest absolute Gasteiger partial charge is 0.397 e. The van der Waals surface area contributed by atoms with E-state index in [1.807, 2.05) is 0 Å². The number of likely N-dealkylation sites (tertiary alicyclic amines) is 1. The predicted molar refractivity (Wildman–Crippen MR) is 79.3 cm³/mol. The van der Waals surface area contributed by atoms with Crippen molar-refractivity contribution in [2.75, 3.05) is 17.6 Å². The highest BCUT2D eigenvalue weighted by Gasteiger charge is 2.24. The summed E-state index contributed by atoms with van der Waals surface area (Å²) in [6, 6.07) is 6.94. The Kier molecular flexibility index (Phi) is 4.92. The van der Waals surface area contributed by atoms with Crippen LogP contribution in [0.4, 0.5) is 11.4 Å². The Bertz CT molecular complexity index is 539. The zero-order chi connectivity index (χ0) is 15.2.